The van der Waals surface area contributed by atoms with E-state index in [9.17, 15) is 19.8 Å². The number of hydrogen-bond donors (Lipinski definition) is 2. The van der Waals surface area contributed by atoms with Gasteiger partial charge >= 0.3 is 11.9 Å². The second-order valence-electron chi connectivity index (χ2n) is 15.5. The monoisotopic (exact) mass is 600 g/mol. The molecule has 4 aliphatic carbocycles. The third-order valence-electron chi connectivity index (χ3n) is 13.4. The highest BCUT2D eigenvalue weighted by Crippen LogP contribution is 2.69. The molecule has 0 heterocycles. The highest BCUT2D eigenvalue weighted by Gasteiger charge is 2.64. The van der Waals surface area contributed by atoms with E-state index in [1.807, 2.05) is 6.07 Å². The van der Waals surface area contributed by atoms with Gasteiger partial charge in [-0.05, 0) is 121 Å². The first-order chi connectivity index (χ1) is 20.9. The molecule has 0 radical (unpaired) electrons. The van der Waals surface area contributed by atoms with Crippen LogP contribution in [0.3, 0.4) is 0 Å². The molecule has 0 aromatic heterocycles. The van der Waals surface area contributed by atoms with Crippen LogP contribution in [0.1, 0.15) is 104 Å². The predicted octanol–water partition coefficient (Wildman–Crippen LogP) is 8.63. The van der Waals surface area contributed by atoms with Gasteiger partial charge in [0.05, 0.1) is 5.60 Å². The number of carboxylic acids is 1. The third kappa shape index (κ3) is 5.52. The number of carbonyl (C=O) groups is 2. The van der Waals surface area contributed by atoms with E-state index in [2.05, 4.69) is 69.3 Å². The van der Waals surface area contributed by atoms with Gasteiger partial charge in [-0.1, -0.05) is 75.4 Å². The van der Waals surface area contributed by atoms with Gasteiger partial charge < -0.3 is 14.9 Å². The van der Waals surface area contributed by atoms with Gasteiger partial charge in [-0.25, -0.2) is 0 Å². The van der Waals surface area contributed by atoms with E-state index in [1.165, 1.54) is 24.8 Å². The van der Waals surface area contributed by atoms with Gasteiger partial charge in [0.25, 0.3) is 0 Å². The largest absolute Gasteiger partial charge is 0.481 e. The van der Waals surface area contributed by atoms with Gasteiger partial charge in [-0.3, -0.25) is 9.59 Å². The first kappa shape index (κ1) is 31.3. The SMILES string of the molecule is CC(=O)O[C@@H]1C[C@@H]2C[C@](O)(c3ccc(-c4ccccc4)cc3)CC[C@]2(C)[C@H]2CC[C@]3(C)[C@@H]([C@H](C)CCCC(=O)O)CC[C@H]3[C@H]12. The van der Waals surface area contributed by atoms with Crippen molar-refractivity contribution in [2.75, 3.05) is 0 Å². The Hall–Kier alpha value is -2.66. The summed E-state index contributed by atoms with van der Waals surface area (Å²) >= 11 is 0. The average Bonchev–Trinajstić information content (AvgIpc) is 3.35. The summed E-state index contributed by atoms with van der Waals surface area (Å²) in [5, 5.41) is 21.3. The highest BCUT2D eigenvalue weighted by molar-refractivity contribution is 5.67. The Morgan fingerprint density at radius 1 is 0.909 bits per heavy atom. The zero-order valence-electron chi connectivity index (χ0n) is 27.1. The molecule has 2 N–H and O–H groups in total. The fraction of sp³-hybridized carbons (Fsp3) is 0.641. The van der Waals surface area contributed by atoms with E-state index in [1.54, 1.807) is 6.92 Å². The van der Waals surface area contributed by atoms with Crippen LogP contribution in [0.25, 0.3) is 11.1 Å². The molecule has 4 saturated carbocycles. The first-order valence-corrected chi connectivity index (χ1v) is 17.2. The molecule has 6 rings (SSSR count). The number of esters is 1. The molecule has 0 aliphatic heterocycles. The summed E-state index contributed by atoms with van der Waals surface area (Å²) in [4.78, 5) is 23.7. The number of ether oxygens (including phenoxy) is 1. The zero-order valence-corrected chi connectivity index (χ0v) is 27.1. The summed E-state index contributed by atoms with van der Waals surface area (Å²) < 4.78 is 6.25. The second-order valence-corrected chi connectivity index (χ2v) is 15.5. The van der Waals surface area contributed by atoms with E-state index in [4.69, 9.17) is 4.74 Å². The molecular formula is C39H52O5. The van der Waals surface area contributed by atoms with Crippen LogP contribution in [0.5, 0.6) is 0 Å². The van der Waals surface area contributed by atoms with Gasteiger partial charge in [0.1, 0.15) is 6.10 Å². The van der Waals surface area contributed by atoms with Crippen LogP contribution in [0.4, 0.5) is 0 Å². The van der Waals surface area contributed by atoms with Crippen molar-refractivity contribution < 1.29 is 24.5 Å². The van der Waals surface area contributed by atoms with Gasteiger partial charge in [0.2, 0.25) is 0 Å². The maximum absolute atomic E-state index is 12.5. The Bertz CT molecular complexity index is 1340. The second kappa shape index (κ2) is 11.9. The van der Waals surface area contributed by atoms with Crippen molar-refractivity contribution >= 4 is 11.9 Å². The topological polar surface area (TPSA) is 83.8 Å². The maximum atomic E-state index is 12.5. The van der Waals surface area contributed by atoms with Crippen molar-refractivity contribution in [1.29, 1.82) is 0 Å². The number of benzene rings is 2. The van der Waals surface area contributed by atoms with E-state index in [0.29, 0.717) is 36.0 Å². The van der Waals surface area contributed by atoms with Crippen LogP contribution < -0.4 is 0 Å². The van der Waals surface area contributed by atoms with Crippen LogP contribution in [0, 0.1) is 46.3 Å². The molecule has 4 fully saturated rings. The van der Waals surface area contributed by atoms with E-state index >= 15 is 0 Å². The lowest BCUT2D eigenvalue weighted by Gasteiger charge is -2.63. The number of aliphatic carboxylic acids is 1. The molecule has 2 aromatic carbocycles. The Balaban J connectivity index is 1.23. The lowest BCUT2D eigenvalue weighted by molar-refractivity contribution is -0.204. The van der Waals surface area contributed by atoms with Crippen LogP contribution in [-0.4, -0.2) is 28.3 Å². The summed E-state index contributed by atoms with van der Waals surface area (Å²) in [5.41, 5.74) is 2.77. The molecule has 0 amide bonds. The third-order valence-corrected chi connectivity index (χ3v) is 13.4. The van der Waals surface area contributed by atoms with Crippen molar-refractivity contribution in [2.45, 2.75) is 110 Å². The highest BCUT2D eigenvalue weighted by atomic mass is 16.5. The Labute approximate surface area is 263 Å². The minimum atomic E-state index is -0.875. The molecule has 10 atom stereocenters. The van der Waals surface area contributed by atoms with Crippen molar-refractivity contribution in [2.24, 2.45) is 46.3 Å². The van der Waals surface area contributed by atoms with Crippen LogP contribution in [-0.2, 0) is 19.9 Å². The molecule has 5 heteroatoms. The molecule has 0 bridgehead atoms. The fourth-order valence-electron chi connectivity index (χ4n) is 11.1. The van der Waals surface area contributed by atoms with Crippen molar-refractivity contribution in [3.05, 3.63) is 60.2 Å². The Kier molecular flexibility index (Phi) is 8.49. The summed E-state index contributed by atoms with van der Waals surface area (Å²) in [6, 6.07) is 18.9. The smallest absolute Gasteiger partial charge is 0.303 e. The number of rotatable bonds is 8. The van der Waals surface area contributed by atoms with Crippen molar-refractivity contribution in [3.8, 4) is 11.1 Å². The summed E-state index contributed by atoms with van der Waals surface area (Å²) in [6.45, 7) is 8.87. The lowest BCUT2D eigenvalue weighted by atomic mass is 9.42. The fourth-order valence-corrected chi connectivity index (χ4v) is 11.1. The molecule has 2 aromatic rings. The summed E-state index contributed by atoms with van der Waals surface area (Å²) in [7, 11) is 0. The maximum Gasteiger partial charge on any atom is 0.303 e. The lowest BCUT2D eigenvalue weighted by Crippen LogP contribution is -2.60. The van der Waals surface area contributed by atoms with Gasteiger partial charge in [-0.2, -0.15) is 0 Å². The number of hydrogen-bond acceptors (Lipinski definition) is 4. The predicted molar refractivity (Wildman–Crippen MR) is 173 cm³/mol. The minimum Gasteiger partial charge on any atom is -0.481 e. The molecule has 44 heavy (non-hydrogen) atoms. The van der Waals surface area contributed by atoms with Crippen LogP contribution in [0.15, 0.2) is 54.6 Å². The first-order valence-electron chi connectivity index (χ1n) is 17.2. The molecule has 0 unspecified atom stereocenters. The van der Waals surface area contributed by atoms with E-state index in [0.717, 1.165) is 49.7 Å². The van der Waals surface area contributed by atoms with E-state index in [-0.39, 0.29) is 35.2 Å². The Morgan fingerprint density at radius 3 is 2.27 bits per heavy atom. The summed E-state index contributed by atoms with van der Waals surface area (Å²) in [5.74, 6) is 1.83. The Morgan fingerprint density at radius 2 is 1.59 bits per heavy atom. The quantitative estimate of drug-likeness (QED) is 0.296. The van der Waals surface area contributed by atoms with Gasteiger partial charge in [0.15, 0.2) is 0 Å². The number of carboxylic acid groups (broad SMARTS) is 1. The molecular weight excluding hydrogens is 548 g/mol. The van der Waals surface area contributed by atoms with Gasteiger partial charge in [0, 0.05) is 19.3 Å². The molecule has 0 saturated heterocycles. The molecule has 4 aliphatic rings. The number of aliphatic hydroxyl groups is 1. The number of carbonyl (C=O) groups excluding carboxylic acids is 1. The van der Waals surface area contributed by atoms with Crippen LogP contribution >= 0.6 is 0 Å². The zero-order chi connectivity index (χ0) is 31.3. The average molecular weight is 601 g/mol. The van der Waals surface area contributed by atoms with E-state index < -0.39 is 11.6 Å². The molecule has 238 valence electrons. The molecule has 5 nitrogen and oxygen atoms in total. The van der Waals surface area contributed by atoms with Crippen molar-refractivity contribution in [3.63, 3.8) is 0 Å². The number of fused-ring (bicyclic) bond motifs is 5. The van der Waals surface area contributed by atoms with Crippen LogP contribution in [0.2, 0.25) is 0 Å². The van der Waals surface area contributed by atoms with Crippen molar-refractivity contribution in [1.82, 2.24) is 0 Å². The standard InChI is InChI=1S/C39H52O5/c1-25(9-8-12-35(41)42)31-17-18-32-36-33(19-20-38(31,32)4)37(3)21-22-39(43,24-30(37)23-34(36)44-26(2)40)29-15-13-28(14-16-29)27-10-6-5-7-11-27/h5-7,10-11,13-16,25,30-34,36,43H,8-9,12,17-24H2,1-4H3,(H,41,42)/t25-,30-,31-,32+,33+,34-,36+,37+,38-,39+/m1/s1. The minimum absolute atomic E-state index is 0.107. The molecule has 0 spiro atoms. The normalized spacial score (nSPS) is 38.6. The van der Waals surface area contributed by atoms with Gasteiger partial charge in [-0.15, -0.1) is 0 Å². The summed E-state index contributed by atoms with van der Waals surface area (Å²) in [6.07, 6.45) is 9.82.